The summed E-state index contributed by atoms with van der Waals surface area (Å²) in [5.41, 5.74) is 0. The Bertz CT molecular complexity index is 660. The van der Waals surface area contributed by atoms with Gasteiger partial charge in [0.1, 0.15) is 11.6 Å². The van der Waals surface area contributed by atoms with Crippen molar-refractivity contribution >= 4 is 17.6 Å². The molecule has 6 rings (SSSR count). The Balaban J connectivity index is 1.58. The van der Waals surface area contributed by atoms with Crippen LogP contribution < -0.4 is 4.90 Å². The molecule has 4 aliphatic carbocycles. The molecule has 1 aromatic heterocycles. The Hall–Kier alpha value is -2.17. The quantitative estimate of drug-likeness (QED) is 0.623. The number of anilines is 1. The largest absolute Gasteiger partial charge is 0.506 e. The average Bonchev–Trinajstić information content (AvgIpc) is 3.26. The molecule has 1 saturated heterocycles. The number of amides is 2. The molecule has 2 unspecified atom stereocenters. The number of hydrogen-bond acceptors (Lipinski definition) is 4. The summed E-state index contributed by atoms with van der Waals surface area (Å²) in [6.07, 6.45) is 6.73. The lowest BCUT2D eigenvalue weighted by atomic mass is 9.63. The van der Waals surface area contributed by atoms with Crippen molar-refractivity contribution in [1.82, 2.24) is 4.98 Å². The summed E-state index contributed by atoms with van der Waals surface area (Å²) in [4.78, 5) is 30.8. The van der Waals surface area contributed by atoms with Gasteiger partial charge in [0, 0.05) is 0 Å². The summed E-state index contributed by atoms with van der Waals surface area (Å²) in [6.45, 7) is 0. The van der Waals surface area contributed by atoms with Crippen LogP contribution in [0, 0.1) is 35.5 Å². The van der Waals surface area contributed by atoms with Crippen LogP contribution in [-0.2, 0) is 9.59 Å². The summed E-state index contributed by atoms with van der Waals surface area (Å²) in [6, 6.07) is 2.98. The van der Waals surface area contributed by atoms with Crippen LogP contribution in [0.4, 0.5) is 5.82 Å². The molecule has 1 N–H and O–H groups in total. The number of pyridine rings is 1. The minimum atomic E-state index is -0.202. The van der Waals surface area contributed by atoms with E-state index in [1.165, 1.54) is 23.2 Å². The molecule has 0 spiro atoms. The van der Waals surface area contributed by atoms with Crippen LogP contribution in [0.1, 0.15) is 6.42 Å². The van der Waals surface area contributed by atoms with E-state index in [0.29, 0.717) is 17.7 Å². The monoisotopic (exact) mass is 282 g/mol. The van der Waals surface area contributed by atoms with E-state index >= 15 is 0 Å². The maximum Gasteiger partial charge on any atom is 0.239 e. The zero-order chi connectivity index (χ0) is 14.3. The van der Waals surface area contributed by atoms with Crippen LogP contribution in [0.2, 0.25) is 0 Å². The van der Waals surface area contributed by atoms with Gasteiger partial charge in [0.2, 0.25) is 11.8 Å². The fourth-order valence-electron chi connectivity index (χ4n) is 4.69. The lowest BCUT2D eigenvalue weighted by Gasteiger charge is -2.37. The molecule has 6 atom stereocenters. The Labute approximate surface area is 121 Å². The molecule has 5 nitrogen and oxygen atoms in total. The lowest BCUT2D eigenvalue weighted by molar-refractivity contribution is -0.124. The van der Waals surface area contributed by atoms with Crippen molar-refractivity contribution in [2.24, 2.45) is 35.5 Å². The van der Waals surface area contributed by atoms with Gasteiger partial charge >= 0.3 is 0 Å². The summed E-state index contributed by atoms with van der Waals surface area (Å²) in [5.74, 6) is 1.37. The molecule has 1 aromatic rings. The van der Waals surface area contributed by atoms with Crippen molar-refractivity contribution in [2.45, 2.75) is 6.42 Å². The third-order valence-electron chi connectivity index (χ3n) is 5.62. The second kappa shape index (κ2) is 3.53. The van der Waals surface area contributed by atoms with Gasteiger partial charge < -0.3 is 5.11 Å². The van der Waals surface area contributed by atoms with Crippen LogP contribution in [0.15, 0.2) is 30.5 Å². The van der Waals surface area contributed by atoms with Gasteiger partial charge in [-0.05, 0) is 42.2 Å². The minimum absolute atomic E-state index is 0.0261. The van der Waals surface area contributed by atoms with Crippen molar-refractivity contribution in [3.8, 4) is 5.75 Å². The van der Waals surface area contributed by atoms with E-state index in [1.807, 2.05) is 0 Å². The number of carbonyl (C=O) groups excluding carboxylic acids is 2. The zero-order valence-corrected chi connectivity index (χ0v) is 11.2. The van der Waals surface area contributed by atoms with E-state index in [4.69, 9.17) is 0 Å². The number of nitrogens with zero attached hydrogens (tertiary/aromatic N) is 2. The van der Waals surface area contributed by atoms with Crippen LogP contribution in [0.5, 0.6) is 5.75 Å². The highest BCUT2D eigenvalue weighted by Gasteiger charge is 2.67. The van der Waals surface area contributed by atoms with Gasteiger partial charge in [-0.3, -0.25) is 9.59 Å². The molecular formula is C16H14N2O3. The van der Waals surface area contributed by atoms with Gasteiger partial charge in [0.25, 0.3) is 0 Å². The topological polar surface area (TPSA) is 70.5 Å². The molecule has 5 heteroatoms. The molecule has 1 aliphatic heterocycles. The molecule has 3 fully saturated rings. The number of rotatable bonds is 1. The van der Waals surface area contributed by atoms with Gasteiger partial charge in [-0.15, -0.1) is 0 Å². The second-order valence-corrected chi connectivity index (χ2v) is 6.54. The number of allylic oxidation sites excluding steroid dienone is 2. The molecule has 0 aromatic carbocycles. The lowest BCUT2D eigenvalue weighted by Crippen LogP contribution is -2.40. The third-order valence-corrected chi connectivity index (χ3v) is 5.62. The SMILES string of the molecule is O=C1[C@@H]2[C@H](C(=O)N1c1ccc(O)cn1)[C@@H]1C=C[C@H]2C2CC21. The number of aromatic hydroxyl groups is 1. The Morgan fingerprint density at radius 3 is 2.19 bits per heavy atom. The van der Waals surface area contributed by atoms with Crippen molar-refractivity contribution in [3.05, 3.63) is 30.5 Å². The van der Waals surface area contributed by atoms with E-state index in [2.05, 4.69) is 17.1 Å². The van der Waals surface area contributed by atoms with E-state index in [9.17, 15) is 14.7 Å². The highest BCUT2D eigenvalue weighted by atomic mass is 16.3. The summed E-state index contributed by atoms with van der Waals surface area (Å²) in [7, 11) is 0. The van der Waals surface area contributed by atoms with Gasteiger partial charge in [0.15, 0.2) is 0 Å². The first-order valence-electron chi connectivity index (χ1n) is 7.38. The van der Waals surface area contributed by atoms with E-state index < -0.39 is 0 Å². The molecule has 0 radical (unpaired) electrons. The van der Waals surface area contributed by atoms with E-state index in [-0.39, 0.29) is 41.2 Å². The van der Waals surface area contributed by atoms with Crippen LogP contribution in [0.25, 0.3) is 0 Å². The normalized spacial score (nSPS) is 42.2. The van der Waals surface area contributed by atoms with Gasteiger partial charge in [-0.25, -0.2) is 9.88 Å². The standard InChI is InChI=1S/C16H14N2O3/c19-7-1-4-12(17-6-7)18-15(20)13-8-2-3-9(11-5-10(8)11)14(13)16(18)21/h1-4,6,8-11,13-14,19H,5H2/t8-,9+,10?,11?,13-,14+. The molecule has 106 valence electrons. The number of imide groups is 1. The number of aromatic nitrogens is 1. The molecule has 2 saturated carbocycles. The molecule has 2 amide bonds. The predicted octanol–water partition coefficient (Wildman–Crippen LogP) is 1.34. The van der Waals surface area contributed by atoms with E-state index in [0.717, 1.165) is 6.42 Å². The van der Waals surface area contributed by atoms with E-state index in [1.54, 1.807) is 0 Å². The fraction of sp³-hybridized carbons (Fsp3) is 0.438. The number of hydrogen-bond donors (Lipinski definition) is 1. The van der Waals surface area contributed by atoms with Crippen molar-refractivity contribution in [1.29, 1.82) is 0 Å². The molecule has 2 heterocycles. The highest BCUT2D eigenvalue weighted by molar-refractivity contribution is 6.22. The Morgan fingerprint density at radius 2 is 1.67 bits per heavy atom. The smallest absolute Gasteiger partial charge is 0.239 e. The molecule has 21 heavy (non-hydrogen) atoms. The summed E-state index contributed by atoms with van der Waals surface area (Å²) >= 11 is 0. The predicted molar refractivity (Wildman–Crippen MR) is 73.1 cm³/mol. The maximum atomic E-state index is 12.8. The highest BCUT2D eigenvalue weighted by Crippen LogP contribution is 2.65. The Morgan fingerprint density at radius 1 is 1.05 bits per heavy atom. The van der Waals surface area contributed by atoms with Crippen LogP contribution in [0.3, 0.4) is 0 Å². The Kier molecular flexibility index (Phi) is 1.93. The van der Waals surface area contributed by atoms with Crippen LogP contribution >= 0.6 is 0 Å². The van der Waals surface area contributed by atoms with Gasteiger partial charge in [-0.2, -0.15) is 0 Å². The minimum Gasteiger partial charge on any atom is -0.506 e. The fourth-order valence-corrected chi connectivity index (χ4v) is 4.69. The average molecular weight is 282 g/mol. The first-order valence-corrected chi connectivity index (χ1v) is 7.38. The van der Waals surface area contributed by atoms with Crippen LogP contribution in [-0.4, -0.2) is 21.9 Å². The molecule has 2 bridgehead atoms. The zero-order valence-electron chi connectivity index (χ0n) is 11.2. The third kappa shape index (κ3) is 1.29. The first-order chi connectivity index (χ1) is 10.2. The first kappa shape index (κ1) is 11.5. The summed E-state index contributed by atoms with van der Waals surface area (Å²) in [5, 5.41) is 9.31. The second-order valence-electron chi connectivity index (χ2n) is 6.54. The van der Waals surface area contributed by atoms with Gasteiger partial charge in [0.05, 0.1) is 18.0 Å². The van der Waals surface area contributed by atoms with Crippen molar-refractivity contribution in [3.63, 3.8) is 0 Å². The van der Waals surface area contributed by atoms with Crippen molar-refractivity contribution in [2.75, 3.05) is 4.90 Å². The molecule has 5 aliphatic rings. The summed E-state index contributed by atoms with van der Waals surface area (Å²) < 4.78 is 0. The number of carbonyl (C=O) groups is 2. The maximum absolute atomic E-state index is 12.8. The van der Waals surface area contributed by atoms with Gasteiger partial charge in [-0.1, -0.05) is 12.2 Å². The molecular weight excluding hydrogens is 268 g/mol. The van der Waals surface area contributed by atoms with Crippen molar-refractivity contribution < 1.29 is 14.7 Å².